The van der Waals surface area contributed by atoms with E-state index in [0.29, 0.717) is 23.9 Å². The van der Waals surface area contributed by atoms with Crippen LogP contribution in [-0.4, -0.2) is 10.2 Å². The second kappa shape index (κ2) is 5.54. The van der Waals surface area contributed by atoms with Gasteiger partial charge in [0.2, 0.25) is 11.8 Å². The predicted molar refractivity (Wildman–Crippen MR) is 67.4 cm³/mol. The molecule has 7 heteroatoms. The third-order valence-corrected chi connectivity index (χ3v) is 2.83. The molecule has 0 fully saturated rings. The summed E-state index contributed by atoms with van der Waals surface area (Å²) in [5.41, 5.74) is 0.441. The molecule has 2 aromatic rings. The van der Waals surface area contributed by atoms with E-state index in [9.17, 15) is 4.39 Å². The van der Waals surface area contributed by atoms with Crippen molar-refractivity contribution < 1.29 is 8.81 Å². The zero-order valence-electron chi connectivity index (χ0n) is 9.51. The normalized spacial score (nSPS) is 10.7. The van der Waals surface area contributed by atoms with Gasteiger partial charge in [-0.05, 0) is 12.1 Å². The highest BCUT2D eigenvalue weighted by Crippen LogP contribution is 2.31. The van der Waals surface area contributed by atoms with Gasteiger partial charge in [-0.3, -0.25) is 0 Å². The Morgan fingerprint density at radius 3 is 2.39 bits per heavy atom. The van der Waals surface area contributed by atoms with E-state index >= 15 is 0 Å². The first-order valence-electron chi connectivity index (χ1n) is 5.29. The van der Waals surface area contributed by atoms with Gasteiger partial charge in [0.15, 0.2) is 0 Å². The lowest BCUT2D eigenvalue weighted by atomic mass is 10.3. The zero-order valence-corrected chi connectivity index (χ0v) is 11.0. The van der Waals surface area contributed by atoms with Crippen molar-refractivity contribution in [1.82, 2.24) is 10.2 Å². The molecule has 1 heterocycles. The van der Waals surface area contributed by atoms with Crippen molar-refractivity contribution >= 4 is 28.9 Å². The average molecular weight is 290 g/mol. The number of nitrogens with one attached hydrogen (secondary N) is 1. The molecule has 0 unspecified atom stereocenters. The van der Waals surface area contributed by atoms with Crippen LogP contribution in [0, 0.1) is 5.82 Å². The van der Waals surface area contributed by atoms with Crippen molar-refractivity contribution in [2.75, 3.05) is 5.32 Å². The van der Waals surface area contributed by atoms with E-state index in [1.807, 2.05) is 6.92 Å². The minimum absolute atomic E-state index is 0.204. The molecule has 0 spiro atoms. The van der Waals surface area contributed by atoms with Gasteiger partial charge in [0, 0.05) is 6.42 Å². The van der Waals surface area contributed by atoms with Crippen LogP contribution in [0.3, 0.4) is 0 Å². The van der Waals surface area contributed by atoms with Gasteiger partial charge >= 0.3 is 0 Å². The van der Waals surface area contributed by atoms with Gasteiger partial charge in [-0.15, -0.1) is 10.2 Å². The van der Waals surface area contributed by atoms with Gasteiger partial charge in [0.05, 0.1) is 22.3 Å². The fraction of sp³-hybridized carbons (Fsp3) is 0.273. The summed E-state index contributed by atoms with van der Waals surface area (Å²) in [7, 11) is 0. The third kappa shape index (κ3) is 2.91. The third-order valence-electron chi connectivity index (χ3n) is 2.23. The first-order valence-corrected chi connectivity index (χ1v) is 6.05. The van der Waals surface area contributed by atoms with E-state index in [1.54, 1.807) is 0 Å². The van der Waals surface area contributed by atoms with Crippen molar-refractivity contribution in [2.45, 2.75) is 19.9 Å². The Balaban J connectivity index is 2.10. The van der Waals surface area contributed by atoms with E-state index in [1.165, 1.54) is 12.1 Å². The maximum Gasteiger partial charge on any atom is 0.235 e. The lowest BCUT2D eigenvalue weighted by molar-refractivity contribution is 0.460. The fourth-order valence-electron chi connectivity index (χ4n) is 1.38. The molecule has 0 saturated carbocycles. The van der Waals surface area contributed by atoms with Gasteiger partial charge in [0.1, 0.15) is 5.82 Å². The van der Waals surface area contributed by atoms with Crippen molar-refractivity contribution in [3.63, 3.8) is 0 Å². The highest BCUT2D eigenvalue weighted by molar-refractivity contribution is 6.39. The second-order valence-corrected chi connectivity index (χ2v) is 4.36. The van der Waals surface area contributed by atoms with Crippen LogP contribution < -0.4 is 5.32 Å². The lowest BCUT2D eigenvalue weighted by Gasteiger charge is -2.08. The van der Waals surface area contributed by atoms with Gasteiger partial charge in [-0.1, -0.05) is 30.1 Å². The first-order chi connectivity index (χ1) is 8.60. The Morgan fingerprint density at radius 1 is 1.22 bits per heavy atom. The number of anilines is 1. The van der Waals surface area contributed by atoms with Crippen LogP contribution in [0.4, 0.5) is 10.1 Å². The molecule has 0 atom stereocenters. The summed E-state index contributed by atoms with van der Waals surface area (Å²) in [5, 5.41) is 11.0. The molecule has 1 N–H and O–H groups in total. The quantitative estimate of drug-likeness (QED) is 0.933. The summed E-state index contributed by atoms with van der Waals surface area (Å²) in [5.74, 6) is 0.494. The number of aromatic nitrogens is 2. The van der Waals surface area contributed by atoms with E-state index in [0.717, 1.165) is 0 Å². The Labute approximate surface area is 113 Å². The predicted octanol–water partition coefficient (Wildman–Crippen LogP) is 3.69. The minimum atomic E-state index is -0.485. The van der Waals surface area contributed by atoms with Crippen LogP contribution in [0.15, 0.2) is 16.5 Å². The molecular formula is C11H10Cl2FN3O. The highest BCUT2D eigenvalue weighted by atomic mass is 35.5. The monoisotopic (exact) mass is 289 g/mol. The number of hydrogen-bond donors (Lipinski definition) is 1. The SMILES string of the molecule is CCc1nnc(CNc2c(Cl)cc(F)cc2Cl)o1. The van der Waals surface area contributed by atoms with E-state index in [4.69, 9.17) is 27.6 Å². The Kier molecular flexibility index (Phi) is 4.04. The van der Waals surface area contributed by atoms with Gasteiger partial charge < -0.3 is 9.73 Å². The Bertz CT molecular complexity index is 536. The fourth-order valence-corrected chi connectivity index (χ4v) is 1.97. The van der Waals surface area contributed by atoms with E-state index in [-0.39, 0.29) is 16.6 Å². The lowest BCUT2D eigenvalue weighted by Crippen LogP contribution is -2.01. The molecule has 18 heavy (non-hydrogen) atoms. The first kappa shape index (κ1) is 13.1. The summed E-state index contributed by atoms with van der Waals surface area (Å²) in [6, 6.07) is 2.36. The van der Waals surface area contributed by atoms with Crippen LogP contribution in [-0.2, 0) is 13.0 Å². The molecule has 0 aliphatic carbocycles. The summed E-state index contributed by atoms with van der Waals surface area (Å²) in [6.07, 6.45) is 0.672. The van der Waals surface area contributed by atoms with Gasteiger partial charge in [-0.2, -0.15) is 0 Å². The van der Waals surface area contributed by atoms with Crippen molar-refractivity contribution in [2.24, 2.45) is 0 Å². The van der Waals surface area contributed by atoms with Gasteiger partial charge in [0.25, 0.3) is 0 Å². The molecule has 1 aromatic carbocycles. The number of benzene rings is 1. The Hall–Kier alpha value is -1.33. The van der Waals surface area contributed by atoms with Crippen molar-refractivity contribution in [1.29, 1.82) is 0 Å². The molecular weight excluding hydrogens is 280 g/mol. The van der Waals surface area contributed by atoms with Gasteiger partial charge in [-0.25, -0.2) is 4.39 Å². The topological polar surface area (TPSA) is 51.0 Å². The molecule has 0 bridgehead atoms. The maximum absolute atomic E-state index is 13.0. The summed E-state index contributed by atoms with van der Waals surface area (Å²) in [4.78, 5) is 0. The van der Waals surface area contributed by atoms with Crippen LogP contribution >= 0.6 is 23.2 Å². The summed E-state index contributed by atoms with van der Waals surface area (Å²) < 4.78 is 18.3. The van der Waals surface area contributed by atoms with E-state index in [2.05, 4.69) is 15.5 Å². The van der Waals surface area contributed by atoms with E-state index < -0.39 is 5.82 Å². The standard InChI is InChI=1S/C11H10Cl2FN3O/c1-2-9-16-17-10(18-9)5-15-11-7(12)3-6(14)4-8(11)13/h3-4,15H,2,5H2,1H3. The van der Waals surface area contributed by atoms with Crippen molar-refractivity contribution in [3.05, 3.63) is 39.8 Å². The van der Waals surface area contributed by atoms with Crippen LogP contribution in [0.5, 0.6) is 0 Å². The molecule has 0 saturated heterocycles. The number of halogens is 3. The number of hydrogen-bond acceptors (Lipinski definition) is 4. The smallest absolute Gasteiger partial charge is 0.235 e. The van der Waals surface area contributed by atoms with Crippen LogP contribution in [0.25, 0.3) is 0 Å². The number of nitrogens with zero attached hydrogens (tertiary/aromatic N) is 2. The minimum Gasteiger partial charge on any atom is -0.423 e. The molecule has 0 radical (unpaired) electrons. The largest absolute Gasteiger partial charge is 0.423 e. The molecule has 0 aliphatic heterocycles. The summed E-state index contributed by atoms with van der Waals surface area (Å²) in [6.45, 7) is 2.19. The molecule has 1 aromatic heterocycles. The van der Waals surface area contributed by atoms with Crippen LogP contribution in [0.1, 0.15) is 18.7 Å². The number of rotatable bonds is 4. The average Bonchev–Trinajstić information content (AvgIpc) is 2.75. The maximum atomic E-state index is 13.0. The van der Waals surface area contributed by atoms with Crippen molar-refractivity contribution in [3.8, 4) is 0 Å². The highest BCUT2D eigenvalue weighted by Gasteiger charge is 2.10. The number of aryl methyl sites for hydroxylation is 1. The summed E-state index contributed by atoms with van der Waals surface area (Å²) >= 11 is 11.8. The molecule has 0 aliphatic rings. The zero-order chi connectivity index (χ0) is 13.1. The molecule has 0 amide bonds. The molecule has 96 valence electrons. The van der Waals surface area contributed by atoms with Crippen LogP contribution in [0.2, 0.25) is 10.0 Å². The molecule has 2 rings (SSSR count). The molecule has 4 nitrogen and oxygen atoms in total. The second-order valence-electron chi connectivity index (χ2n) is 3.54. The Morgan fingerprint density at radius 2 is 1.83 bits per heavy atom.